The Morgan fingerprint density at radius 2 is 2.08 bits per heavy atom. The van der Waals surface area contributed by atoms with E-state index in [-0.39, 0.29) is 11.4 Å². The molecule has 5 heterocycles. The quantitative estimate of drug-likeness (QED) is 0.396. The summed E-state index contributed by atoms with van der Waals surface area (Å²) in [4.78, 5) is 21.9. The van der Waals surface area contributed by atoms with Crippen LogP contribution in [0.25, 0.3) is 27.5 Å². The lowest BCUT2D eigenvalue weighted by Crippen LogP contribution is -2.55. The predicted molar refractivity (Wildman–Crippen MR) is 141 cm³/mol. The maximum atomic E-state index is 13.9. The number of imidazole rings is 1. The van der Waals surface area contributed by atoms with Crippen LogP contribution in [0.15, 0.2) is 48.1 Å². The Hall–Kier alpha value is -3.36. The number of thiophene rings is 1. The van der Waals surface area contributed by atoms with Crippen molar-refractivity contribution in [1.29, 1.82) is 0 Å². The van der Waals surface area contributed by atoms with Crippen molar-refractivity contribution in [3.63, 3.8) is 0 Å². The molecule has 8 heteroatoms. The van der Waals surface area contributed by atoms with Gasteiger partial charge >= 0.3 is 0 Å². The van der Waals surface area contributed by atoms with Gasteiger partial charge in [0.1, 0.15) is 5.75 Å². The number of morpholine rings is 1. The standard InChI is InChI=1S/C28H30N4O3S/c1-28(2)17-35-12-11-31(28)27(33)25-21-8-7-18-14-23(34-4)20(19-9-10-30(3)16-19)15-22(18)32(21)26(29-25)24-6-5-13-36-24/h5-6,9-10,13-16H,7-8,11-12,17H2,1-4H3. The number of rotatable bonds is 4. The fraction of sp³-hybridized carbons (Fsp3) is 0.357. The largest absolute Gasteiger partial charge is 0.496 e. The number of benzene rings is 1. The van der Waals surface area contributed by atoms with Crippen molar-refractivity contribution >= 4 is 17.2 Å². The predicted octanol–water partition coefficient (Wildman–Crippen LogP) is 4.96. The molecule has 1 aromatic carbocycles. The molecule has 186 valence electrons. The number of aryl methyl sites for hydroxylation is 2. The van der Waals surface area contributed by atoms with Crippen LogP contribution in [0.4, 0.5) is 0 Å². The van der Waals surface area contributed by atoms with Gasteiger partial charge in [-0.3, -0.25) is 9.36 Å². The van der Waals surface area contributed by atoms with Crippen molar-refractivity contribution in [3.8, 4) is 33.3 Å². The van der Waals surface area contributed by atoms with Gasteiger partial charge in [-0.15, -0.1) is 11.3 Å². The first-order valence-corrected chi connectivity index (χ1v) is 13.1. The molecule has 2 aliphatic rings. The molecule has 0 unspecified atom stereocenters. The SMILES string of the molecule is COc1cc2c(cc1-c1ccn(C)c1)-n1c(-c3cccs3)nc(C(=O)N3CCOCC3(C)C)c1CC2. The lowest BCUT2D eigenvalue weighted by Gasteiger charge is -2.41. The normalized spacial score (nSPS) is 16.5. The first-order valence-electron chi connectivity index (χ1n) is 12.3. The Morgan fingerprint density at radius 1 is 1.22 bits per heavy atom. The Labute approximate surface area is 214 Å². The van der Waals surface area contributed by atoms with Crippen molar-refractivity contribution in [2.24, 2.45) is 7.05 Å². The van der Waals surface area contributed by atoms with Crippen molar-refractivity contribution in [2.45, 2.75) is 32.2 Å². The van der Waals surface area contributed by atoms with E-state index in [9.17, 15) is 4.79 Å². The van der Waals surface area contributed by atoms with E-state index in [1.54, 1.807) is 18.4 Å². The average molecular weight is 503 g/mol. The van der Waals surface area contributed by atoms with Crippen LogP contribution >= 0.6 is 11.3 Å². The molecule has 7 nitrogen and oxygen atoms in total. The van der Waals surface area contributed by atoms with Gasteiger partial charge in [0.05, 0.1) is 42.1 Å². The molecular weight excluding hydrogens is 472 g/mol. The molecule has 1 amide bonds. The number of carbonyl (C=O) groups excluding carboxylic acids is 1. The van der Waals surface area contributed by atoms with E-state index in [1.807, 2.05) is 28.8 Å². The number of amides is 1. The minimum absolute atomic E-state index is 0.0184. The van der Waals surface area contributed by atoms with Gasteiger partial charge in [-0.05, 0) is 61.9 Å². The second-order valence-electron chi connectivity index (χ2n) is 10.1. The number of hydrogen-bond donors (Lipinski definition) is 0. The minimum Gasteiger partial charge on any atom is -0.496 e. The lowest BCUT2D eigenvalue weighted by molar-refractivity contribution is -0.0373. The number of methoxy groups -OCH3 is 1. The monoisotopic (exact) mass is 502 g/mol. The van der Waals surface area contributed by atoms with Gasteiger partial charge in [-0.25, -0.2) is 4.98 Å². The summed E-state index contributed by atoms with van der Waals surface area (Å²) >= 11 is 1.64. The fourth-order valence-corrected chi connectivity index (χ4v) is 6.08. The molecule has 0 aliphatic carbocycles. The van der Waals surface area contributed by atoms with Gasteiger partial charge < -0.3 is 18.9 Å². The van der Waals surface area contributed by atoms with Crippen molar-refractivity contribution in [1.82, 2.24) is 19.0 Å². The minimum atomic E-state index is -0.380. The van der Waals surface area contributed by atoms with Crippen LogP contribution in [0.5, 0.6) is 5.75 Å². The van der Waals surface area contributed by atoms with Crippen LogP contribution in [0.1, 0.15) is 35.6 Å². The van der Waals surface area contributed by atoms with Crippen LogP contribution in [0.2, 0.25) is 0 Å². The maximum Gasteiger partial charge on any atom is 0.274 e. The van der Waals surface area contributed by atoms with Crippen LogP contribution < -0.4 is 4.74 Å². The second kappa shape index (κ2) is 8.64. The Kier molecular flexibility index (Phi) is 5.53. The van der Waals surface area contributed by atoms with Gasteiger partial charge in [-0.2, -0.15) is 0 Å². The first kappa shape index (κ1) is 23.1. The van der Waals surface area contributed by atoms with Gasteiger partial charge in [-0.1, -0.05) is 6.07 Å². The highest BCUT2D eigenvalue weighted by molar-refractivity contribution is 7.13. The van der Waals surface area contributed by atoms with E-state index in [4.69, 9.17) is 14.5 Å². The third-order valence-electron chi connectivity index (χ3n) is 7.22. The van der Waals surface area contributed by atoms with Crippen molar-refractivity contribution in [3.05, 3.63) is 65.1 Å². The zero-order valence-corrected chi connectivity index (χ0v) is 21.9. The maximum absolute atomic E-state index is 13.9. The van der Waals surface area contributed by atoms with Crippen LogP contribution in [0.3, 0.4) is 0 Å². The summed E-state index contributed by atoms with van der Waals surface area (Å²) in [6.07, 6.45) is 5.69. The second-order valence-corrected chi connectivity index (χ2v) is 11.1. The molecule has 0 spiro atoms. The number of nitrogens with zero attached hydrogens (tertiary/aromatic N) is 4. The lowest BCUT2D eigenvalue weighted by atomic mass is 9.95. The summed E-state index contributed by atoms with van der Waals surface area (Å²) in [5, 5.41) is 2.05. The topological polar surface area (TPSA) is 61.5 Å². The van der Waals surface area contributed by atoms with Gasteiger partial charge in [0, 0.05) is 37.1 Å². The molecule has 0 atom stereocenters. The number of fused-ring (bicyclic) bond motifs is 3. The number of aromatic nitrogens is 3. The molecule has 1 saturated heterocycles. The average Bonchev–Trinajstić information content (AvgIpc) is 3.62. The molecule has 4 aromatic rings. The molecule has 0 N–H and O–H groups in total. The Morgan fingerprint density at radius 3 is 2.78 bits per heavy atom. The van der Waals surface area contributed by atoms with Gasteiger partial charge in [0.15, 0.2) is 11.5 Å². The van der Waals surface area contributed by atoms with Crippen molar-refractivity contribution in [2.75, 3.05) is 26.9 Å². The summed E-state index contributed by atoms with van der Waals surface area (Å²) in [5.41, 5.74) is 5.52. The fourth-order valence-electron chi connectivity index (χ4n) is 5.38. The highest BCUT2D eigenvalue weighted by Gasteiger charge is 2.38. The summed E-state index contributed by atoms with van der Waals surface area (Å²) in [5.74, 6) is 1.65. The number of hydrogen-bond acceptors (Lipinski definition) is 5. The highest BCUT2D eigenvalue weighted by Crippen LogP contribution is 2.41. The van der Waals surface area contributed by atoms with Gasteiger partial charge in [0.2, 0.25) is 0 Å². The van der Waals surface area contributed by atoms with Crippen LogP contribution in [-0.2, 0) is 24.6 Å². The van der Waals surface area contributed by atoms with E-state index < -0.39 is 0 Å². The molecule has 36 heavy (non-hydrogen) atoms. The van der Waals surface area contributed by atoms with E-state index in [2.05, 4.69) is 54.3 Å². The smallest absolute Gasteiger partial charge is 0.274 e. The number of carbonyl (C=O) groups is 1. The molecule has 0 bridgehead atoms. The first-order chi connectivity index (χ1) is 17.4. The molecule has 6 rings (SSSR count). The van der Waals surface area contributed by atoms with Crippen molar-refractivity contribution < 1.29 is 14.3 Å². The van der Waals surface area contributed by atoms with E-state index in [1.165, 1.54) is 5.56 Å². The third kappa shape index (κ3) is 3.67. The van der Waals surface area contributed by atoms with Crippen LogP contribution in [-0.4, -0.2) is 57.3 Å². The molecule has 2 aliphatic heterocycles. The zero-order chi connectivity index (χ0) is 25.0. The Bertz CT molecular complexity index is 1450. The molecule has 0 radical (unpaired) electrons. The third-order valence-corrected chi connectivity index (χ3v) is 8.09. The summed E-state index contributed by atoms with van der Waals surface area (Å²) < 4.78 is 15.7. The summed E-state index contributed by atoms with van der Waals surface area (Å²) in [6.45, 7) is 5.75. The summed E-state index contributed by atoms with van der Waals surface area (Å²) in [6, 6.07) is 10.5. The number of ether oxygens (including phenoxy) is 2. The van der Waals surface area contributed by atoms with E-state index in [0.717, 1.165) is 51.8 Å². The van der Waals surface area contributed by atoms with Gasteiger partial charge in [0.25, 0.3) is 5.91 Å². The van der Waals surface area contributed by atoms with E-state index in [0.29, 0.717) is 25.5 Å². The Balaban J connectivity index is 1.55. The zero-order valence-electron chi connectivity index (χ0n) is 21.1. The highest BCUT2D eigenvalue weighted by atomic mass is 32.1. The molecular formula is C28H30N4O3S. The summed E-state index contributed by atoms with van der Waals surface area (Å²) in [7, 11) is 3.74. The molecule has 1 fully saturated rings. The molecule has 3 aromatic heterocycles. The van der Waals surface area contributed by atoms with E-state index >= 15 is 0 Å². The van der Waals surface area contributed by atoms with Crippen LogP contribution in [0, 0.1) is 0 Å². The molecule has 0 saturated carbocycles.